The van der Waals surface area contributed by atoms with E-state index in [1.807, 2.05) is 60.0 Å². The van der Waals surface area contributed by atoms with Crippen LogP contribution in [0.3, 0.4) is 0 Å². The second kappa shape index (κ2) is 5.07. The summed E-state index contributed by atoms with van der Waals surface area (Å²) in [6.07, 6.45) is 1.79. The van der Waals surface area contributed by atoms with E-state index in [2.05, 4.69) is 22.2 Å². The average molecular weight is 286 g/mol. The van der Waals surface area contributed by atoms with Crippen LogP contribution in [-0.2, 0) is 0 Å². The molecule has 3 heterocycles. The quantitative estimate of drug-likeness (QED) is 0.563. The molecule has 0 fully saturated rings. The third-order valence-corrected chi connectivity index (χ3v) is 3.55. The molecule has 4 aromatic rings. The molecule has 0 saturated carbocycles. The number of aromatic nitrogens is 4. The summed E-state index contributed by atoms with van der Waals surface area (Å²) in [5.74, 6) is 0. The van der Waals surface area contributed by atoms with Crippen LogP contribution in [0, 0.1) is 6.92 Å². The van der Waals surface area contributed by atoms with E-state index >= 15 is 0 Å². The smallest absolute Gasteiger partial charge is 0.156 e. The summed E-state index contributed by atoms with van der Waals surface area (Å²) in [5, 5.41) is 4.54. The zero-order valence-corrected chi connectivity index (χ0v) is 12.1. The summed E-state index contributed by atoms with van der Waals surface area (Å²) >= 11 is 0. The molecule has 0 aliphatic carbocycles. The molecule has 0 aliphatic rings. The predicted molar refractivity (Wildman–Crippen MR) is 86.4 cm³/mol. The number of pyridine rings is 1. The van der Waals surface area contributed by atoms with Gasteiger partial charge in [0.05, 0.1) is 22.8 Å². The van der Waals surface area contributed by atoms with Gasteiger partial charge < -0.3 is 0 Å². The SMILES string of the molecule is Cc1cc2nc(-c3ccccc3)cc(-c3ccccn3)n2n1. The maximum atomic E-state index is 4.73. The van der Waals surface area contributed by atoms with Crippen molar-refractivity contribution in [3.05, 3.63) is 72.6 Å². The van der Waals surface area contributed by atoms with Crippen molar-refractivity contribution in [1.82, 2.24) is 19.6 Å². The highest BCUT2D eigenvalue weighted by molar-refractivity contribution is 5.69. The molecule has 22 heavy (non-hydrogen) atoms. The first-order valence-corrected chi connectivity index (χ1v) is 7.15. The van der Waals surface area contributed by atoms with Crippen LogP contribution in [0.15, 0.2) is 66.9 Å². The van der Waals surface area contributed by atoms with Crippen molar-refractivity contribution in [2.45, 2.75) is 6.92 Å². The normalized spacial score (nSPS) is 11.0. The molecular weight excluding hydrogens is 272 g/mol. The maximum Gasteiger partial charge on any atom is 0.156 e. The lowest BCUT2D eigenvalue weighted by atomic mass is 10.1. The Kier molecular flexibility index (Phi) is 2.93. The Bertz CT molecular complexity index is 927. The summed E-state index contributed by atoms with van der Waals surface area (Å²) in [7, 11) is 0. The number of hydrogen-bond donors (Lipinski definition) is 0. The van der Waals surface area contributed by atoms with E-state index in [0.29, 0.717) is 0 Å². The van der Waals surface area contributed by atoms with Crippen LogP contribution in [0.25, 0.3) is 28.3 Å². The Morgan fingerprint density at radius 2 is 1.68 bits per heavy atom. The van der Waals surface area contributed by atoms with Crippen molar-refractivity contribution >= 4 is 5.65 Å². The molecule has 0 N–H and O–H groups in total. The monoisotopic (exact) mass is 286 g/mol. The van der Waals surface area contributed by atoms with Crippen LogP contribution in [0.1, 0.15) is 5.69 Å². The van der Waals surface area contributed by atoms with E-state index in [1.165, 1.54) is 0 Å². The molecule has 0 radical (unpaired) electrons. The Hall–Kier alpha value is -3.01. The number of nitrogens with zero attached hydrogens (tertiary/aromatic N) is 4. The second-order valence-electron chi connectivity index (χ2n) is 5.16. The van der Waals surface area contributed by atoms with Crippen LogP contribution >= 0.6 is 0 Å². The van der Waals surface area contributed by atoms with Crippen molar-refractivity contribution in [2.24, 2.45) is 0 Å². The Labute approximate surface area is 128 Å². The largest absolute Gasteiger partial charge is 0.255 e. The summed E-state index contributed by atoms with van der Waals surface area (Å²) in [6.45, 7) is 1.97. The summed E-state index contributed by atoms with van der Waals surface area (Å²) in [6, 6.07) is 20.1. The van der Waals surface area contributed by atoms with Gasteiger partial charge in [0.2, 0.25) is 0 Å². The van der Waals surface area contributed by atoms with Crippen LogP contribution < -0.4 is 0 Å². The third-order valence-electron chi connectivity index (χ3n) is 3.55. The molecule has 4 heteroatoms. The summed E-state index contributed by atoms with van der Waals surface area (Å²) in [5.41, 5.74) is 5.61. The molecule has 106 valence electrons. The standard InChI is InChI=1S/C18H14N4/c1-13-11-18-20-16(14-7-3-2-4-8-14)12-17(22(18)21-13)15-9-5-6-10-19-15/h2-12H,1H3. The van der Waals surface area contributed by atoms with Gasteiger partial charge in [-0.15, -0.1) is 0 Å². The minimum Gasteiger partial charge on any atom is -0.255 e. The second-order valence-corrected chi connectivity index (χ2v) is 5.16. The van der Waals surface area contributed by atoms with E-state index in [0.717, 1.165) is 34.0 Å². The third kappa shape index (κ3) is 2.15. The van der Waals surface area contributed by atoms with Gasteiger partial charge in [0, 0.05) is 17.8 Å². The zero-order chi connectivity index (χ0) is 14.9. The van der Waals surface area contributed by atoms with Crippen LogP contribution in [0.5, 0.6) is 0 Å². The molecular formula is C18H14N4. The highest BCUT2D eigenvalue weighted by atomic mass is 15.3. The van der Waals surface area contributed by atoms with Crippen molar-refractivity contribution in [1.29, 1.82) is 0 Å². The van der Waals surface area contributed by atoms with Gasteiger partial charge in [0.1, 0.15) is 0 Å². The van der Waals surface area contributed by atoms with Crippen molar-refractivity contribution in [3.8, 4) is 22.6 Å². The Morgan fingerprint density at radius 1 is 0.864 bits per heavy atom. The average Bonchev–Trinajstić information content (AvgIpc) is 2.95. The first-order chi connectivity index (χ1) is 10.8. The predicted octanol–water partition coefficient (Wildman–Crippen LogP) is 3.77. The van der Waals surface area contributed by atoms with Gasteiger partial charge in [-0.25, -0.2) is 9.50 Å². The fourth-order valence-corrected chi connectivity index (χ4v) is 2.54. The summed E-state index contributed by atoms with van der Waals surface area (Å²) < 4.78 is 1.85. The van der Waals surface area contributed by atoms with E-state index in [1.54, 1.807) is 6.20 Å². The van der Waals surface area contributed by atoms with Gasteiger partial charge >= 0.3 is 0 Å². The molecule has 0 saturated heterocycles. The van der Waals surface area contributed by atoms with Gasteiger partial charge in [-0.05, 0) is 25.1 Å². The Morgan fingerprint density at radius 3 is 2.45 bits per heavy atom. The molecule has 0 aliphatic heterocycles. The molecule has 0 spiro atoms. The summed E-state index contributed by atoms with van der Waals surface area (Å²) in [4.78, 5) is 9.18. The molecule has 4 rings (SSSR count). The van der Waals surface area contributed by atoms with E-state index in [-0.39, 0.29) is 0 Å². The highest BCUT2D eigenvalue weighted by Crippen LogP contribution is 2.25. The molecule has 0 amide bonds. The highest BCUT2D eigenvalue weighted by Gasteiger charge is 2.11. The van der Waals surface area contributed by atoms with Crippen LogP contribution in [0.4, 0.5) is 0 Å². The van der Waals surface area contributed by atoms with Crippen LogP contribution in [0.2, 0.25) is 0 Å². The zero-order valence-electron chi connectivity index (χ0n) is 12.1. The van der Waals surface area contributed by atoms with Crippen molar-refractivity contribution < 1.29 is 0 Å². The lowest BCUT2D eigenvalue weighted by Crippen LogP contribution is -1.99. The van der Waals surface area contributed by atoms with Gasteiger partial charge in [0.15, 0.2) is 5.65 Å². The van der Waals surface area contributed by atoms with Crippen molar-refractivity contribution in [2.75, 3.05) is 0 Å². The van der Waals surface area contributed by atoms with Gasteiger partial charge in [0.25, 0.3) is 0 Å². The lowest BCUT2D eigenvalue weighted by Gasteiger charge is -2.07. The van der Waals surface area contributed by atoms with Gasteiger partial charge in [-0.1, -0.05) is 36.4 Å². The van der Waals surface area contributed by atoms with Crippen molar-refractivity contribution in [3.63, 3.8) is 0 Å². The van der Waals surface area contributed by atoms with Gasteiger partial charge in [-0.2, -0.15) is 5.10 Å². The molecule has 3 aromatic heterocycles. The number of rotatable bonds is 2. The van der Waals surface area contributed by atoms with E-state index < -0.39 is 0 Å². The molecule has 1 aromatic carbocycles. The Balaban J connectivity index is 2.02. The molecule has 4 nitrogen and oxygen atoms in total. The minimum atomic E-state index is 0.833. The topological polar surface area (TPSA) is 43.1 Å². The van der Waals surface area contributed by atoms with E-state index in [9.17, 15) is 0 Å². The fourth-order valence-electron chi connectivity index (χ4n) is 2.54. The molecule has 0 unspecified atom stereocenters. The molecule has 0 bridgehead atoms. The molecule has 0 atom stereocenters. The van der Waals surface area contributed by atoms with E-state index in [4.69, 9.17) is 4.98 Å². The lowest BCUT2D eigenvalue weighted by molar-refractivity contribution is 0.921. The number of aryl methyl sites for hydroxylation is 1. The first kappa shape index (κ1) is 12.7. The number of benzene rings is 1. The fraction of sp³-hybridized carbons (Fsp3) is 0.0556. The minimum absolute atomic E-state index is 0.833. The number of fused-ring (bicyclic) bond motifs is 1. The van der Waals surface area contributed by atoms with Crippen LogP contribution in [-0.4, -0.2) is 19.6 Å². The van der Waals surface area contributed by atoms with Gasteiger partial charge in [-0.3, -0.25) is 4.98 Å². The number of hydrogen-bond acceptors (Lipinski definition) is 3. The maximum absolute atomic E-state index is 4.73. The first-order valence-electron chi connectivity index (χ1n) is 7.15.